The van der Waals surface area contributed by atoms with Gasteiger partial charge in [-0.1, -0.05) is 155 Å². The average Bonchev–Trinajstić information content (AvgIpc) is 2.90. The van der Waals surface area contributed by atoms with Crippen LogP contribution in [0.3, 0.4) is 0 Å². The molecule has 0 aromatic rings. The molecule has 236 valence electrons. The number of hydrogen-bond acceptors (Lipinski definition) is 4. The normalized spacial score (nSPS) is 11.2. The van der Waals surface area contributed by atoms with Crippen LogP contribution < -0.4 is 0 Å². The maximum Gasteiger partial charge on any atom is 0.303 e. The number of rotatable bonds is 27. The Morgan fingerprint density at radius 3 is 0.795 bits per heavy atom. The van der Waals surface area contributed by atoms with Crippen molar-refractivity contribution in [3.05, 3.63) is 0 Å². The van der Waals surface area contributed by atoms with Gasteiger partial charge in [-0.25, -0.2) is 0 Å². The summed E-state index contributed by atoms with van der Waals surface area (Å²) in [5, 5.41) is 32.9. The number of carboxylic acids is 2. The van der Waals surface area contributed by atoms with Crippen molar-refractivity contribution < 1.29 is 30.0 Å². The zero-order valence-corrected chi connectivity index (χ0v) is 26.3. The van der Waals surface area contributed by atoms with Crippen molar-refractivity contribution in [2.75, 3.05) is 6.61 Å². The predicted octanol–water partition coefficient (Wildman–Crippen LogP) is 9.68. The van der Waals surface area contributed by atoms with Crippen LogP contribution in [0.2, 0.25) is 0 Å². The second kappa shape index (κ2) is 39.0. The molecule has 0 aliphatic heterocycles. The third kappa shape index (κ3) is 53.8. The first kappa shape index (κ1) is 42.3. The third-order valence-corrected chi connectivity index (χ3v) is 6.75. The maximum atomic E-state index is 10.3. The van der Waals surface area contributed by atoms with Gasteiger partial charge in [-0.15, -0.1) is 0 Å². The molecule has 39 heavy (non-hydrogen) atoms. The van der Waals surface area contributed by atoms with Crippen LogP contribution in [0.1, 0.15) is 188 Å². The van der Waals surface area contributed by atoms with Crippen LogP contribution in [0, 0.1) is 0 Å². The molecule has 1 unspecified atom stereocenters. The van der Waals surface area contributed by atoms with Crippen molar-refractivity contribution >= 4 is 11.9 Å². The van der Waals surface area contributed by atoms with Crippen LogP contribution in [0.5, 0.6) is 0 Å². The van der Waals surface area contributed by atoms with Gasteiger partial charge in [0.05, 0.1) is 12.7 Å². The van der Waals surface area contributed by atoms with Crippen LogP contribution in [0.15, 0.2) is 0 Å². The molecule has 0 rings (SSSR count). The Morgan fingerprint density at radius 1 is 0.462 bits per heavy atom. The Labute approximate surface area is 242 Å². The second-order valence-corrected chi connectivity index (χ2v) is 11.1. The van der Waals surface area contributed by atoms with E-state index in [4.69, 9.17) is 20.4 Å². The summed E-state index contributed by atoms with van der Waals surface area (Å²) in [6, 6.07) is 0. The third-order valence-electron chi connectivity index (χ3n) is 6.75. The molecule has 0 fully saturated rings. The summed E-state index contributed by atoms with van der Waals surface area (Å²) < 4.78 is 0. The van der Waals surface area contributed by atoms with E-state index < -0.39 is 18.0 Å². The van der Waals surface area contributed by atoms with Gasteiger partial charge in [0.2, 0.25) is 0 Å². The highest BCUT2D eigenvalue weighted by molar-refractivity contribution is 5.66. The topological polar surface area (TPSA) is 115 Å². The summed E-state index contributed by atoms with van der Waals surface area (Å²) in [6.45, 7) is 5.89. The zero-order chi connectivity index (χ0) is 29.8. The van der Waals surface area contributed by atoms with Crippen molar-refractivity contribution in [3.63, 3.8) is 0 Å². The minimum Gasteiger partial charge on any atom is -0.481 e. The Balaban J connectivity index is -0.000000590. The molecule has 0 spiro atoms. The van der Waals surface area contributed by atoms with Crippen LogP contribution in [0.4, 0.5) is 0 Å². The Kier molecular flexibility index (Phi) is 42.3. The number of carbonyl (C=O) groups is 2. The van der Waals surface area contributed by atoms with Gasteiger partial charge < -0.3 is 20.4 Å². The minimum absolute atomic E-state index is 0.139. The van der Waals surface area contributed by atoms with Gasteiger partial charge in [-0.3, -0.25) is 9.59 Å². The Morgan fingerprint density at radius 2 is 0.641 bits per heavy atom. The van der Waals surface area contributed by atoms with Crippen molar-refractivity contribution in [2.24, 2.45) is 0 Å². The van der Waals surface area contributed by atoms with E-state index in [2.05, 4.69) is 13.8 Å². The first-order valence-electron chi connectivity index (χ1n) is 16.5. The standard InChI is InChI=1S/C18H36O2.C12H24O2.C3H8O2/c1-2-3-4-5-6-7-8-9-10-11-12-13-14-15-16-17-18(19)20;1-2-3-4-5-6-7-8-9-10-11-12(13)14;1-3(5)2-4/h2-17H2,1H3,(H,19,20);2-11H2,1H3,(H,13,14);3-5H,2H2,1H3. The second-order valence-electron chi connectivity index (χ2n) is 11.1. The van der Waals surface area contributed by atoms with E-state index in [0.717, 1.165) is 25.7 Å². The summed E-state index contributed by atoms with van der Waals surface area (Å²) in [6.07, 6.45) is 31.1. The minimum atomic E-state index is -0.659. The van der Waals surface area contributed by atoms with E-state index in [0.29, 0.717) is 12.8 Å². The fourth-order valence-electron chi connectivity index (χ4n) is 4.23. The highest BCUT2D eigenvalue weighted by Crippen LogP contribution is 2.14. The molecule has 0 aliphatic carbocycles. The number of hydrogen-bond donors (Lipinski definition) is 4. The Bertz CT molecular complexity index is 467. The molecular weight excluding hydrogens is 492 g/mol. The summed E-state index contributed by atoms with van der Waals surface area (Å²) in [5.74, 6) is -1.31. The van der Waals surface area contributed by atoms with E-state index in [9.17, 15) is 9.59 Å². The number of aliphatic carboxylic acids is 2. The SMILES string of the molecule is CC(O)CO.CCCCCCCCCCCC(=O)O.CCCCCCCCCCCCCCCCCC(=O)O. The lowest BCUT2D eigenvalue weighted by Gasteiger charge is -2.03. The van der Waals surface area contributed by atoms with E-state index in [-0.39, 0.29) is 6.61 Å². The van der Waals surface area contributed by atoms with E-state index in [1.54, 1.807) is 0 Å². The van der Waals surface area contributed by atoms with E-state index >= 15 is 0 Å². The number of aliphatic hydroxyl groups is 2. The fraction of sp³-hybridized carbons (Fsp3) is 0.939. The highest BCUT2D eigenvalue weighted by Gasteiger charge is 1.98. The van der Waals surface area contributed by atoms with Crippen molar-refractivity contribution in [1.29, 1.82) is 0 Å². The average molecular weight is 561 g/mol. The molecule has 0 aliphatic rings. The first-order chi connectivity index (χ1) is 18.8. The lowest BCUT2D eigenvalue weighted by atomic mass is 10.0. The first-order valence-corrected chi connectivity index (χ1v) is 16.5. The number of carboxylic acid groups (broad SMARTS) is 2. The molecule has 0 radical (unpaired) electrons. The summed E-state index contributed by atoms with van der Waals surface area (Å²) in [7, 11) is 0. The van der Waals surface area contributed by atoms with E-state index in [1.807, 2.05) is 0 Å². The van der Waals surface area contributed by atoms with Crippen molar-refractivity contribution in [1.82, 2.24) is 0 Å². The molecule has 0 saturated carbocycles. The molecule has 0 aromatic heterocycles. The van der Waals surface area contributed by atoms with E-state index in [1.165, 1.54) is 135 Å². The molecule has 0 heterocycles. The summed E-state index contributed by atoms with van der Waals surface area (Å²) in [5.41, 5.74) is 0. The van der Waals surface area contributed by atoms with Crippen LogP contribution >= 0.6 is 0 Å². The van der Waals surface area contributed by atoms with Gasteiger partial charge in [-0.05, 0) is 19.8 Å². The van der Waals surface area contributed by atoms with Crippen LogP contribution in [-0.2, 0) is 9.59 Å². The molecule has 4 N–H and O–H groups in total. The quantitative estimate of drug-likeness (QED) is 0.0743. The monoisotopic (exact) mass is 561 g/mol. The molecule has 1 atom stereocenters. The molecule has 6 nitrogen and oxygen atoms in total. The molecule has 0 bridgehead atoms. The lowest BCUT2D eigenvalue weighted by Crippen LogP contribution is -2.03. The zero-order valence-electron chi connectivity index (χ0n) is 26.3. The van der Waals surface area contributed by atoms with Gasteiger partial charge in [-0.2, -0.15) is 0 Å². The van der Waals surface area contributed by atoms with Crippen LogP contribution in [0.25, 0.3) is 0 Å². The lowest BCUT2D eigenvalue weighted by molar-refractivity contribution is -0.138. The predicted molar refractivity (Wildman–Crippen MR) is 165 cm³/mol. The van der Waals surface area contributed by atoms with Crippen LogP contribution in [-0.4, -0.2) is 45.1 Å². The van der Waals surface area contributed by atoms with Gasteiger partial charge in [0.15, 0.2) is 0 Å². The molecule has 6 heteroatoms. The smallest absolute Gasteiger partial charge is 0.303 e. The Hall–Kier alpha value is -1.14. The van der Waals surface area contributed by atoms with Gasteiger partial charge in [0, 0.05) is 12.8 Å². The molecular formula is C33H68O6. The molecule has 0 aromatic carbocycles. The van der Waals surface area contributed by atoms with Gasteiger partial charge in [0.25, 0.3) is 0 Å². The highest BCUT2D eigenvalue weighted by atomic mass is 16.4. The summed E-state index contributed by atoms with van der Waals surface area (Å²) >= 11 is 0. The van der Waals surface area contributed by atoms with Gasteiger partial charge >= 0.3 is 11.9 Å². The van der Waals surface area contributed by atoms with Crippen molar-refractivity contribution in [2.45, 2.75) is 194 Å². The largest absolute Gasteiger partial charge is 0.481 e. The number of unbranched alkanes of at least 4 members (excludes halogenated alkanes) is 22. The van der Waals surface area contributed by atoms with Gasteiger partial charge in [0.1, 0.15) is 0 Å². The molecule has 0 amide bonds. The summed E-state index contributed by atoms with van der Waals surface area (Å²) in [4.78, 5) is 20.5. The van der Waals surface area contributed by atoms with Crippen molar-refractivity contribution in [3.8, 4) is 0 Å². The fourth-order valence-corrected chi connectivity index (χ4v) is 4.23. The molecule has 0 saturated heterocycles. The number of aliphatic hydroxyl groups excluding tert-OH is 2. The maximum absolute atomic E-state index is 10.3.